The average Bonchev–Trinajstić information content (AvgIpc) is 3.23. The Kier molecular flexibility index (Phi) is 6.38. The van der Waals surface area contributed by atoms with Crippen LogP contribution in [-0.2, 0) is 16.1 Å². The van der Waals surface area contributed by atoms with Crippen LogP contribution < -0.4 is 4.74 Å². The fourth-order valence-corrected chi connectivity index (χ4v) is 3.80. The maximum Gasteiger partial charge on any atom is 0.254 e. The largest absolute Gasteiger partial charge is 0.497 e. The minimum absolute atomic E-state index is 0.0346. The number of amides is 2. The Labute approximate surface area is 176 Å². The molecule has 0 spiro atoms. The van der Waals surface area contributed by atoms with Crippen LogP contribution in [0.25, 0.3) is 0 Å². The first-order valence-electron chi connectivity index (χ1n) is 10.5. The standard InChI is InChI=1S/C23H28N2O5/c1-28-19-6-2-5-17(13-19)23(27)25(18-9-10-18)16-22(26)24(14-20-7-3-11-29-20)15-21-8-4-12-30-21/h2-3,5-7,11,13,18,21H,4,8-10,12,14-16H2,1H3/t21-/m1/s1. The highest BCUT2D eigenvalue weighted by Crippen LogP contribution is 2.29. The second kappa shape index (κ2) is 9.34. The van der Waals surface area contributed by atoms with Crippen LogP contribution >= 0.6 is 0 Å². The van der Waals surface area contributed by atoms with Crippen molar-refractivity contribution in [2.24, 2.45) is 0 Å². The van der Waals surface area contributed by atoms with E-state index in [1.807, 2.05) is 12.1 Å². The zero-order chi connectivity index (χ0) is 20.9. The molecule has 160 valence electrons. The Morgan fingerprint density at radius 2 is 2.03 bits per heavy atom. The summed E-state index contributed by atoms with van der Waals surface area (Å²) in [4.78, 5) is 29.9. The van der Waals surface area contributed by atoms with E-state index in [-0.39, 0.29) is 30.5 Å². The predicted molar refractivity (Wildman–Crippen MR) is 110 cm³/mol. The first-order valence-corrected chi connectivity index (χ1v) is 10.5. The molecule has 1 saturated carbocycles. The van der Waals surface area contributed by atoms with E-state index >= 15 is 0 Å². The van der Waals surface area contributed by atoms with Crippen LogP contribution in [0.1, 0.15) is 41.8 Å². The fourth-order valence-electron chi connectivity index (χ4n) is 3.80. The predicted octanol–water partition coefficient (Wildman–Crippen LogP) is 3.10. The molecule has 1 aromatic carbocycles. The quantitative estimate of drug-likeness (QED) is 0.633. The minimum atomic E-state index is -0.139. The molecule has 4 rings (SSSR count). The van der Waals surface area contributed by atoms with Crippen LogP contribution in [0.4, 0.5) is 0 Å². The van der Waals surface area contributed by atoms with Gasteiger partial charge in [-0.05, 0) is 56.0 Å². The third-order valence-electron chi connectivity index (χ3n) is 5.60. The molecular formula is C23H28N2O5. The summed E-state index contributed by atoms with van der Waals surface area (Å²) in [6.07, 6.45) is 5.44. The number of hydrogen-bond donors (Lipinski definition) is 0. The number of benzene rings is 1. The lowest BCUT2D eigenvalue weighted by Gasteiger charge is -2.29. The van der Waals surface area contributed by atoms with Crippen LogP contribution in [0.3, 0.4) is 0 Å². The zero-order valence-corrected chi connectivity index (χ0v) is 17.3. The second-order valence-electron chi connectivity index (χ2n) is 7.88. The molecule has 0 bridgehead atoms. The molecule has 1 aromatic heterocycles. The van der Waals surface area contributed by atoms with Gasteiger partial charge in [0.15, 0.2) is 0 Å². The SMILES string of the molecule is COc1cccc(C(=O)N(CC(=O)N(Cc2ccco2)C[C@H]2CCCO2)C2CC2)c1. The summed E-state index contributed by atoms with van der Waals surface area (Å²) in [5.41, 5.74) is 0.533. The van der Waals surface area contributed by atoms with Crippen molar-refractivity contribution >= 4 is 11.8 Å². The van der Waals surface area contributed by atoms with Crippen molar-refractivity contribution in [2.45, 2.75) is 44.4 Å². The van der Waals surface area contributed by atoms with Crippen molar-refractivity contribution in [1.29, 1.82) is 0 Å². The van der Waals surface area contributed by atoms with E-state index < -0.39 is 0 Å². The summed E-state index contributed by atoms with van der Waals surface area (Å²) in [6.45, 7) is 1.66. The summed E-state index contributed by atoms with van der Waals surface area (Å²) in [7, 11) is 1.57. The first-order chi connectivity index (χ1) is 14.6. The molecule has 0 N–H and O–H groups in total. The number of nitrogens with zero attached hydrogens (tertiary/aromatic N) is 2. The molecule has 0 unspecified atom stereocenters. The Morgan fingerprint density at radius 1 is 1.17 bits per heavy atom. The van der Waals surface area contributed by atoms with Gasteiger partial charge in [0.2, 0.25) is 5.91 Å². The van der Waals surface area contributed by atoms with Gasteiger partial charge in [0, 0.05) is 24.8 Å². The molecular weight excluding hydrogens is 384 g/mol. The van der Waals surface area contributed by atoms with Gasteiger partial charge < -0.3 is 23.7 Å². The van der Waals surface area contributed by atoms with Crippen LogP contribution in [0.15, 0.2) is 47.1 Å². The smallest absolute Gasteiger partial charge is 0.254 e. The van der Waals surface area contributed by atoms with E-state index in [4.69, 9.17) is 13.9 Å². The molecule has 7 nitrogen and oxygen atoms in total. The number of carbonyl (C=O) groups is 2. The Bertz CT molecular complexity index is 856. The minimum Gasteiger partial charge on any atom is -0.497 e. The third kappa shape index (κ3) is 5.02. The third-order valence-corrected chi connectivity index (χ3v) is 5.60. The molecule has 2 amide bonds. The number of ether oxygens (including phenoxy) is 2. The zero-order valence-electron chi connectivity index (χ0n) is 17.3. The number of furan rings is 1. The van der Waals surface area contributed by atoms with Gasteiger partial charge in [-0.1, -0.05) is 6.07 Å². The van der Waals surface area contributed by atoms with Gasteiger partial charge in [-0.3, -0.25) is 9.59 Å². The maximum atomic E-state index is 13.3. The van der Waals surface area contributed by atoms with Gasteiger partial charge in [0.1, 0.15) is 18.1 Å². The highest BCUT2D eigenvalue weighted by atomic mass is 16.5. The van der Waals surface area contributed by atoms with Crippen molar-refractivity contribution in [3.8, 4) is 5.75 Å². The molecule has 2 aromatic rings. The van der Waals surface area contributed by atoms with E-state index in [1.165, 1.54) is 0 Å². The number of hydrogen-bond acceptors (Lipinski definition) is 5. The van der Waals surface area contributed by atoms with Gasteiger partial charge in [-0.25, -0.2) is 0 Å². The van der Waals surface area contributed by atoms with Crippen molar-refractivity contribution in [3.63, 3.8) is 0 Å². The van der Waals surface area contributed by atoms with E-state index in [9.17, 15) is 9.59 Å². The van der Waals surface area contributed by atoms with E-state index in [1.54, 1.807) is 47.4 Å². The molecule has 1 saturated heterocycles. The summed E-state index contributed by atoms with van der Waals surface area (Å²) in [6, 6.07) is 10.9. The van der Waals surface area contributed by atoms with Crippen molar-refractivity contribution in [3.05, 3.63) is 54.0 Å². The van der Waals surface area contributed by atoms with Crippen molar-refractivity contribution in [2.75, 3.05) is 26.8 Å². The van der Waals surface area contributed by atoms with Gasteiger partial charge in [-0.2, -0.15) is 0 Å². The van der Waals surface area contributed by atoms with E-state index in [0.717, 1.165) is 38.1 Å². The van der Waals surface area contributed by atoms with Gasteiger partial charge in [0.05, 0.1) is 26.0 Å². The summed E-state index contributed by atoms with van der Waals surface area (Å²) >= 11 is 0. The maximum absolute atomic E-state index is 13.3. The number of methoxy groups -OCH3 is 1. The second-order valence-corrected chi connectivity index (χ2v) is 7.88. The van der Waals surface area contributed by atoms with Gasteiger partial charge in [-0.15, -0.1) is 0 Å². The molecule has 1 aliphatic carbocycles. The normalized spacial score (nSPS) is 18.2. The molecule has 7 heteroatoms. The molecule has 0 radical (unpaired) electrons. The Hall–Kier alpha value is -2.80. The molecule has 2 fully saturated rings. The number of rotatable bonds is 9. The van der Waals surface area contributed by atoms with Gasteiger partial charge >= 0.3 is 0 Å². The lowest BCUT2D eigenvalue weighted by Crippen LogP contribution is -2.45. The van der Waals surface area contributed by atoms with E-state index in [2.05, 4.69) is 0 Å². The molecule has 1 atom stereocenters. The number of carbonyl (C=O) groups excluding carboxylic acids is 2. The van der Waals surface area contributed by atoms with E-state index in [0.29, 0.717) is 24.4 Å². The molecule has 1 aliphatic heterocycles. The summed E-state index contributed by atoms with van der Waals surface area (Å²) in [5, 5.41) is 0. The Morgan fingerprint density at radius 3 is 2.70 bits per heavy atom. The monoisotopic (exact) mass is 412 g/mol. The van der Waals surface area contributed by atoms with Crippen LogP contribution in [0.2, 0.25) is 0 Å². The topological polar surface area (TPSA) is 72.2 Å². The van der Waals surface area contributed by atoms with Crippen molar-refractivity contribution < 1.29 is 23.5 Å². The Balaban J connectivity index is 1.48. The highest BCUT2D eigenvalue weighted by Gasteiger charge is 2.36. The fraction of sp³-hybridized carbons (Fsp3) is 0.478. The van der Waals surface area contributed by atoms with Crippen LogP contribution in [-0.4, -0.2) is 60.6 Å². The van der Waals surface area contributed by atoms with Crippen molar-refractivity contribution in [1.82, 2.24) is 9.80 Å². The average molecular weight is 412 g/mol. The van der Waals surface area contributed by atoms with Crippen LogP contribution in [0.5, 0.6) is 5.75 Å². The summed E-state index contributed by atoms with van der Waals surface area (Å²) in [5.74, 6) is 1.11. The van der Waals surface area contributed by atoms with Crippen LogP contribution in [0, 0.1) is 0 Å². The van der Waals surface area contributed by atoms with Gasteiger partial charge in [0.25, 0.3) is 5.91 Å². The molecule has 2 aliphatic rings. The lowest BCUT2D eigenvalue weighted by atomic mass is 10.1. The molecule has 2 heterocycles. The first kappa shape index (κ1) is 20.5. The lowest BCUT2D eigenvalue weighted by molar-refractivity contribution is -0.134. The molecule has 30 heavy (non-hydrogen) atoms. The highest BCUT2D eigenvalue weighted by molar-refractivity contribution is 5.97. The summed E-state index contributed by atoms with van der Waals surface area (Å²) < 4.78 is 16.4.